The van der Waals surface area contributed by atoms with E-state index in [0.717, 1.165) is 12.1 Å². The summed E-state index contributed by atoms with van der Waals surface area (Å²) in [6.07, 6.45) is 0. The number of benzene rings is 2. The highest BCUT2D eigenvalue weighted by atomic mass is 35.5. The Hall–Kier alpha value is -2.79. The zero-order valence-corrected chi connectivity index (χ0v) is 22.0. The van der Waals surface area contributed by atoms with E-state index in [1.807, 2.05) is 0 Å². The molecule has 0 saturated heterocycles. The Morgan fingerprint density at radius 3 is 1.94 bits per heavy atom. The number of nitrogens with zero attached hydrogens (tertiary/aromatic N) is 2. The topological polar surface area (TPSA) is 140 Å². The summed E-state index contributed by atoms with van der Waals surface area (Å²) in [5, 5.41) is 22.2. The Morgan fingerprint density at radius 2 is 1.51 bits per heavy atom. The fourth-order valence-corrected chi connectivity index (χ4v) is 3.60. The number of phenols is 1. The Balaban J connectivity index is 2.72. The summed E-state index contributed by atoms with van der Waals surface area (Å²) in [5.41, 5.74) is -2.51. The van der Waals surface area contributed by atoms with E-state index in [9.17, 15) is 24.8 Å². The number of nitrogens with one attached hydrogen (secondary N) is 1. The third kappa shape index (κ3) is 5.90. The van der Waals surface area contributed by atoms with E-state index in [1.54, 1.807) is 20.8 Å². The van der Waals surface area contributed by atoms with E-state index < -0.39 is 39.2 Å². The smallest absolute Gasteiger partial charge is 0.314 e. The number of carbonyl (C=O) groups is 2. The number of methoxy groups -OCH3 is 2. The maximum atomic E-state index is 13.3. The minimum Gasteiger partial charge on any atom is -0.505 e. The average molecular weight is 567 g/mol. The lowest BCUT2D eigenvalue weighted by atomic mass is 9.87. The van der Waals surface area contributed by atoms with Crippen LogP contribution in [0.1, 0.15) is 20.8 Å². The van der Waals surface area contributed by atoms with Crippen LogP contribution in [-0.4, -0.2) is 41.7 Å². The minimum absolute atomic E-state index is 0.0478. The molecular formula is C21H19Cl4N3O7. The van der Waals surface area contributed by atoms with Crippen molar-refractivity contribution in [2.75, 3.05) is 19.5 Å². The molecular weight excluding hydrogens is 548 g/mol. The first-order valence-electron chi connectivity index (χ1n) is 9.55. The summed E-state index contributed by atoms with van der Waals surface area (Å²) in [6.45, 7) is 4.65. The highest BCUT2D eigenvalue weighted by molar-refractivity contribution is 6.69. The molecule has 14 heteroatoms. The van der Waals surface area contributed by atoms with Gasteiger partial charge in [-0.3, -0.25) is 19.7 Å². The van der Waals surface area contributed by atoms with Crippen molar-refractivity contribution in [2.24, 2.45) is 10.4 Å². The first-order chi connectivity index (χ1) is 16.1. The molecule has 0 spiro atoms. The van der Waals surface area contributed by atoms with Gasteiger partial charge < -0.3 is 19.9 Å². The molecule has 1 amide bonds. The number of nitro groups is 1. The summed E-state index contributed by atoms with van der Waals surface area (Å²) in [6, 6.07) is 2.20. The van der Waals surface area contributed by atoms with E-state index in [-0.39, 0.29) is 43.0 Å². The van der Waals surface area contributed by atoms with E-state index in [0.29, 0.717) is 0 Å². The number of amides is 1. The molecule has 0 heterocycles. The molecule has 2 N–H and O–H groups in total. The second-order valence-electron chi connectivity index (χ2n) is 7.93. The molecule has 0 unspecified atom stereocenters. The lowest BCUT2D eigenvalue weighted by molar-refractivity contribution is -0.385. The molecule has 2 aromatic rings. The second-order valence-corrected chi connectivity index (χ2v) is 9.44. The molecule has 188 valence electrons. The van der Waals surface area contributed by atoms with Crippen LogP contribution in [0.15, 0.2) is 17.1 Å². The molecule has 0 radical (unpaired) electrons. The summed E-state index contributed by atoms with van der Waals surface area (Å²) in [5.74, 6) is -2.59. The quantitative estimate of drug-likeness (QED) is 0.132. The maximum absolute atomic E-state index is 13.3. The lowest BCUT2D eigenvalue weighted by Crippen LogP contribution is -2.37. The van der Waals surface area contributed by atoms with Crippen molar-refractivity contribution in [1.82, 2.24) is 0 Å². The van der Waals surface area contributed by atoms with Crippen LogP contribution in [0.5, 0.6) is 17.2 Å². The van der Waals surface area contributed by atoms with Gasteiger partial charge in [-0.1, -0.05) is 67.2 Å². The van der Waals surface area contributed by atoms with E-state index >= 15 is 0 Å². The largest absolute Gasteiger partial charge is 0.505 e. The molecule has 0 atom stereocenters. The molecule has 0 fully saturated rings. The first-order valence-corrected chi connectivity index (χ1v) is 11.1. The number of ketones is 1. The van der Waals surface area contributed by atoms with Gasteiger partial charge in [0, 0.05) is 11.5 Å². The van der Waals surface area contributed by atoms with Gasteiger partial charge in [-0.15, -0.1) is 0 Å². The van der Waals surface area contributed by atoms with Crippen LogP contribution in [0.4, 0.5) is 17.1 Å². The van der Waals surface area contributed by atoms with Gasteiger partial charge in [0.15, 0.2) is 23.0 Å². The van der Waals surface area contributed by atoms with Gasteiger partial charge in [-0.05, 0) is 0 Å². The van der Waals surface area contributed by atoms with Crippen molar-refractivity contribution in [1.29, 1.82) is 0 Å². The maximum Gasteiger partial charge on any atom is 0.314 e. The Bertz CT molecular complexity index is 1230. The van der Waals surface area contributed by atoms with E-state index in [4.69, 9.17) is 55.9 Å². The second kappa shape index (κ2) is 10.9. The summed E-state index contributed by atoms with van der Waals surface area (Å²) >= 11 is 24.2. The molecule has 10 nitrogen and oxygen atoms in total. The number of hydrogen-bond donors (Lipinski definition) is 2. The number of aromatic hydroxyl groups is 1. The van der Waals surface area contributed by atoms with Crippen LogP contribution < -0.4 is 14.8 Å². The summed E-state index contributed by atoms with van der Waals surface area (Å²) < 4.78 is 10.2. The van der Waals surface area contributed by atoms with Gasteiger partial charge in [0.1, 0.15) is 21.5 Å². The number of nitro benzene ring substituents is 1. The SMILES string of the molecule is COc1cc([N+](=O)[O-])c(OC)cc1NC(=O)C(=Nc1c(Cl)c(Cl)c(O)c(Cl)c1Cl)C(=O)C(C)(C)C. The Morgan fingerprint density at radius 1 is 1.00 bits per heavy atom. The predicted octanol–water partition coefficient (Wildman–Crippen LogP) is 6.26. The number of ether oxygens (including phenoxy) is 2. The van der Waals surface area contributed by atoms with Gasteiger partial charge >= 0.3 is 5.69 Å². The highest BCUT2D eigenvalue weighted by Crippen LogP contribution is 2.49. The monoisotopic (exact) mass is 565 g/mol. The van der Waals surface area contributed by atoms with Crippen molar-refractivity contribution in [2.45, 2.75) is 20.8 Å². The van der Waals surface area contributed by atoms with Gasteiger partial charge in [0.25, 0.3) is 5.91 Å². The molecule has 2 rings (SSSR count). The zero-order valence-electron chi connectivity index (χ0n) is 19.0. The van der Waals surface area contributed by atoms with E-state index in [2.05, 4.69) is 10.3 Å². The minimum atomic E-state index is -1.09. The molecule has 0 saturated carbocycles. The number of Topliss-reactive ketones (excluding diaryl/α,β-unsaturated/α-hetero) is 1. The normalized spacial score (nSPS) is 11.7. The van der Waals surface area contributed by atoms with Crippen molar-refractivity contribution in [3.8, 4) is 17.2 Å². The third-order valence-corrected chi connectivity index (χ3v) is 6.16. The fourth-order valence-electron chi connectivity index (χ4n) is 2.68. The van der Waals surface area contributed by atoms with Crippen LogP contribution in [0.25, 0.3) is 0 Å². The van der Waals surface area contributed by atoms with Gasteiger partial charge in [-0.2, -0.15) is 0 Å². The predicted molar refractivity (Wildman–Crippen MR) is 135 cm³/mol. The number of rotatable bonds is 7. The van der Waals surface area contributed by atoms with Crippen LogP contribution in [0, 0.1) is 15.5 Å². The van der Waals surface area contributed by atoms with Crippen molar-refractivity contribution >= 4 is 80.9 Å². The molecule has 0 bridgehead atoms. The van der Waals surface area contributed by atoms with Gasteiger partial charge in [0.05, 0.1) is 40.9 Å². The highest BCUT2D eigenvalue weighted by Gasteiger charge is 2.33. The number of halogens is 4. The van der Waals surface area contributed by atoms with Gasteiger partial charge in [-0.25, -0.2) is 4.99 Å². The fraction of sp³-hybridized carbons (Fsp3) is 0.286. The van der Waals surface area contributed by atoms with Crippen LogP contribution in [-0.2, 0) is 9.59 Å². The average Bonchev–Trinajstić information content (AvgIpc) is 2.80. The molecule has 0 aliphatic heterocycles. The number of aliphatic imine (C=N–C) groups is 1. The zero-order chi connectivity index (χ0) is 26.8. The number of phenolic OH excluding ortho intramolecular Hbond substituents is 1. The van der Waals surface area contributed by atoms with Crippen LogP contribution in [0.2, 0.25) is 20.1 Å². The lowest BCUT2D eigenvalue weighted by Gasteiger charge is -2.19. The van der Waals surface area contributed by atoms with Crippen molar-refractivity contribution in [3.63, 3.8) is 0 Å². The summed E-state index contributed by atoms with van der Waals surface area (Å²) in [7, 11) is 2.44. The molecule has 2 aromatic carbocycles. The van der Waals surface area contributed by atoms with Crippen molar-refractivity contribution in [3.05, 3.63) is 42.3 Å². The molecule has 0 aliphatic rings. The Labute approximate surface area is 219 Å². The number of carbonyl (C=O) groups excluding carboxylic acids is 2. The Kier molecular flexibility index (Phi) is 8.83. The van der Waals surface area contributed by atoms with E-state index in [1.165, 1.54) is 14.2 Å². The van der Waals surface area contributed by atoms with Crippen LogP contribution >= 0.6 is 46.4 Å². The first kappa shape index (κ1) is 28.4. The molecule has 0 aliphatic carbocycles. The van der Waals surface area contributed by atoms with Gasteiger partial charge in [0.2, 0.25) is 0 Å². The van der Waals surface area contributed by atoms with Crippen molar-refractivity contribution < 1.29 is 29.1 Å². The standard InChI is InChI=1S/C21H19Cl4N3O7/c1-21(2,3)19(30)17(27-16-12(22)14(24)18(29)15(25)13(16)23)20(31)26-8-6-11(35-5)9(28(32)33)7-10(8)34-4/h6-7,29H,1-5H3,(H,26,31). The molecule has 0 aromatic heterocycles. The number of hydrogen-bond acceptors (Lipinski definition) is 8. The van der Waals surface area contributed by atoms with Crippen LogP contribution in [0.3, 0.4) is 0 Å². The number of anilines is 1. The molecule has 35 heavy (non-hydrogen) atoms. The summed E-state index contributed by atoms with van der Waals surface area (Å²) in [4.78, 5) is 41.1. The third-order valence-electron chi connectivity index (χ3n) is 4.50.